The average Bonchev–Trinajstić information content (AvgIpc) is 3.00. The van der Waals surface area contributed by atoms with Crippen LogP contribution < -0.4 is 15.8 Å². The molecule has 3 rings (SSSR count). The van der Waals surface area contributed by atoms with Crippen molar-refractivity contribution in [1.82, 2.24) is 10.2 Å². The van der Waals surface area contributed by atoms with Gasteiger partial charge in [-0.1, -0.05) is 48.5 Å². The molecule has 25 heavy (non-hydrogen) atoms. The number of para-hydroxylation sites is 1. The van der Waals surface area contributed by atoms with Crippen LogP contribution in [0.3, 0.4) is 0 Å². The molecule has 1 amide bonds. The number of nitrogens with zero attached hydrogens (tertiary/aromatic N) is 1. The van der Waals surface area contributed by atoms with Gasteiger partial charge in [0.05, 0.1) is 13.1 Å². The van der Waals surface area contributed by atoms with E-state index in [4.69, 9.17) is 10.5 Å². The number of hydrogen-bond acceptors (Lipinski definition) is 4. The zero-order chi connectivity index (χ0) is 17.5. The first-order valence-electron chi connectivity index (χ1n) is 8.70. The van der Waals surface area contributed by atoms with E-state index >= 15 is 0 Å². The molecular weight excluding hydrogens is 314 g/mol. The zero-order valence-corrected chi connectivity index (χ0v) is 14.3. The van der Waals surface area contributed by atoms with Crippen LogP contribution in [0.15, 0.2) is 60.7 Å². The van der Waals surface area contributed by atoms with Gasteiger partial charge in [-0.05, 0) is 17.7 Å². The van der Waals surface area contributed by atoms with Gasteiger partial charge in [0.15, 0.2) is 0 Å². The molecule has 5 nitrogen and oxygen atoms in total. The molecule has 2 atom stereocenters. The lowest BCUT2D eigenvalue weighted by Crippen LogP contribution is -2.38. The highest BCUT2D eigenvalue weighted by Gasteiger charge is 2.31. The van der Waals surface area contributed by atoms with Gasteiger partial charge in [-0.3, -0.25) is 9.69 Å². The van der Waals surface area contributed by atoms with Gasteiger partial charge in [0.1, 0.15) is 12.4 Å². The summed E-state index contributed by atoms with van der Waals surface area (Å²) >= 11 is 0. The summed E-state index contributed by atoms with van der Waals surface area (Å²) in [5.41, 5.74) is 7.51. The van der Waals surface area contributed by atoms with Crippen molar-refractivity contribution in [1.29, 1.82) is 0 Å². The van der Waals surface area contributed by atoms with Crippen LogP contribution in [0.4, 0.5) is 0 Å². The van der Waals surface area contributed by atoms with E-state index in [0.29, 0.717) is 19.7 Å². The van der Waals surface area contributed by atoms with E-state index < -0.39 is 0 Å². The van der Waals surface area contributed by atoms with Crippen molar-refractivity contribution in [3.63, 3.8) is 0 Å². The molecule has 1 aliphatic heterocycles. The maximum atomic E-state index is 12.1. The van der Waals surface area contributed by atoms with Gasteiger partial charge < -0.3 is 15.8 Å². The third-order valence-corrected chi connectivity index (χ3v) is 4.47. The second kappa shape index (κ2) is 8.65. The Morgan fingerprint density at radius 1 is 1.08 bits per heavy atom. The Morgan fingerprint density at radius 3 is 2.48 bits per heavy atom. The summed E-state index contributed by atoms with van der Waals surface area (Å²) in [6, 6.07) is 19.9. The van der Waals surface area contributed by atoms with Gasteiger partial charge in [-0.2, -0.15) is 0 Å². The van der Waals surface area contributed by atoms with E-state index in [-0.39, 0.29) is 17.9 Å². The summed E-state index contributed by atoms with van der Waals surface area (Å²) in [4.78, 5) is 14.2. The van der Waals surface area contributed by atoms with Crippen LogP contribution >= 0.6 is 0 Å². The fourth-order valence-electron chi connectivity index (χ4n) is 3.23. The number of hydrogen-bond donors (Lipinski definition) is 2. The van der Waals surface area contributed by atoms with Gasteiger partial charge in [0.25, 0.3) is 0 Å². The molecule has 1 aliphatic rings. The Kier molecular flexibility index (Phi) is 6.04. The first-order valence-corrected chi connectivity index (χ1v) is 8.70. The zero-order valence-electron chi connectivity index (χ0n) is 14.3. The van der Waals surface area contributed by atoms with Crippen molar-refractivity contribution >= 4 is 5.91 Å². The van der Waals surface area contributed by atoms with E-state index in [1.807, 2.05) is 48.5 Å². The lowest BCUT2D eigenvalue weighted by atomic mass is 9.95. The quantitative estimate of drug-likeness (QED) is 0.752. The largest absolute Gasteiger partial charge is 0.492 e. The maximum Gasteiger partial charge on any atom is 0.234 e. The fourth-order valence-corrected chi connectivity index (χ4v) is 3.23. The number of ether oxygens (including phenoxy) is 1. The van der Waals surface area contributed by atoms with E-state index in [0.717, 1.165) is 18.8 Å². The molecule has 0 bridgehead atoms. The lowest BCUT2D eigenvalue weighted by Gasteiger charge is -2.16. The van der Waals surface area contributed by atoms with Crippen molar-refractivity contribution in [2.75, 3.05) is 32.8 Å². The van der Waals surface area contributed by atoms with Gasteiger partial charge in [-0.15, -0.1) is 0 Å². The van der Waals surface area contributed by atoms with Crippen molar-refractivity contribution in [2.45, 2.75) is 12.0 Å². The maximum absolute atomic E-state index is 12.1. The average molecular weight is 339 g/mol. The minimum absolute atomic E-state index is 0.0116. The monoisotopic (exact) mass is 339 g/mol. The molecule has 5 heteroatoms. The molecule has 2 aromatic carbocycles. The minimum Gasteiger partial charge on any atom is -0.492 e. The lowest BCUT2D eigenvalue weighted by molar-refractivity contribution is -0.122. The van der Waals surface area contributed by atoms with Crippen LogP contribution in [-0.4, -0.2) is 49.6 Å². The van der Waals surface area contributed by atoms with Crippen LogP contribution in [0.2, 0.25) is 0 Å². The first kappa shape index (κ1) is 17.5. The Bertz CT molecular complexity index is 663. The predicted octanol–water partition coefficient (Wildman–Crippen LogP) is 1.61. The standard InChI is InChI=1S/C20H25N3O2/c21-19-14-23(13-18(19)16-7-3-1-4-8-16)15-20(24)22-11-12-25-17-9-5-2-6-10-17/h1-10,18-19H,11-15,21H2,(H,22,24)/t18-,19+/m0/s1. The number of likely N-dealkylation sites (tertiary alicyclic amines) is 1. The number of nitrogens with two attached hydrogens (primary N) is 1. The summed E-state index contributed by atoms with van der Waals surface area (Å²) in [5, 5.41) is 2.90. The molecule has 0 saturated carbocycles. The molecule has 0 aromatic heterocycles. The molecule has 0 radical (unpaired) electrons. The number of carbonyl (C=O) groups excluding carboxylic acids is 1. The topological polar surface area (TPSA) is 67.6 Å². The number of benzene rings is 2. The molecule has 1 saturated heterocycles. The number of nitrogens with one attached hydrogen (secondary N) is 1. The SMILES string of the molecule is N[C@@H]1CN(CC(=O)NCCOc2ccccc2)C[C@H]1c1ccccc1. The summed E-state index contributed by atoms with van der Waals surface area (Å²) in [7, 11) is 0. The molecule has 1 heterocycles. The van der Waals surface area contributed by atoms with Crippen molar-refractivity contribution in [3.8, 4) is 5.75 Å². The minimum atomic E-state index is 0.0116. The fraction of sp³-hybridized carbons (Fsp3) is 0.350. The molecule has 2 aromatic rings. The smallest absolute Gasteiger partial charge is 0.234 e. The highest BCUT2D eigenvalue weighted by atomic mass is 16.5. The van der Waals surface area contributed by atoms with Gasteiger partial charge in [0.2, 0.25) is 5.91 Å². The highest BCUT2D eigenvalue weighted by Crippen LogP contribution is 2.25. The molecular formula is C20H25N3O2. The van der Waals surface area contributed by atoms with E-state index in [1.165, 1.54) is 5.56 Å². The second-order valence-corrected chi connectivity index (χ2v) is 6.39. The van der Waals surface area contributed by atoms with Crippen molar-refractivity contribution < 1.29 is 9.53 Å². The van der Waals surface area contributed by atoms with Crippen LogP contribution in [-0.2, 0) is 4.79 Å². The number of rotatable bonds is 7. The van der Waals surface area contributed by atoms with Crippen LogP contribution in [0.1, 0.15) is 11.5 Å². The van der Waals surface area contributed by atoms with Crippen LogP contribution in [0.25, 0.3) is 0 Å². The summed E-state index contributed by atoms with van der Waals surface area (Å²) in [6.45, 7) is 2.90. The third kappa shape index (κ3) is 5.05. The van der Waals surface area contributed by atoms with Crippen molar-refractivity contribution in [2.24, 2.45) is 5.73 Å². The molecule has 3 N–H and O–H groups in total. The van der Waals surface area contributed by atoms with Crippen LogP contribution in [0.5, 0.6) is 5.75 Å². The number of amides is 1. The third-order valence-electron chi connectivity index (χ3n) is 4.47. The van der Waals surface area contributed by atoms with Gasteiger partial charge in [0, 0.05) is 25.0 Å². The number of carbonyl (C=O) groups is 1. The Balaban J connectivity index is 1.38. The van der Waals surface area contributed by atoms with E-state index in [9.17, 15) is 4.79 Å². The van der Waals surface area contributed by atoms with Crippen LogP contribution in [0, 0.1) is 0 Å². The predicted molar refractivity (Wildman–Crippen MR) is 98.5 cm³/mol. The molecule has 132 valence electrons. The Morgan fingerprint density at radius 2 is 1.76 bits per heavy atom. The second-order valence-electron chi connectivity index (χ2n) is 6.39. The summed E-state index contributed by atoms with van der Waals surface area (Å²) < 4.78 is 5.57. The highest BCUT2D eigenvalue weighted by molar-refractivity contribution is 5.78. The van der Waals surface area contributed by atoms with Crippen molar-refractivity contribution in [3.05, 3.63) is 66.2 Å². The summed E-state index contributed by atoms with van der Waals surface area (Å²) in [5.74, 6) is 1.11. The normalized spacial score (nSPS) is 20.4. The van der Waals surface area contributed by atoms with E-state index in [2.05, 4.69) is 22.3 Å². The Labute approximate surface area is 148 Å². The molecule has 0 spiro atoms. The van der Waals surface area contributed by atoms with Gasteiger partial charge >= 0.3 is 0 Å². The first-order chi connectivity index (χ1) is 12.2. The van der Waals surface area contributed by atoms with E-state index in [1.54, 1.807) is 0 Å². The molecule has 0 aliphatic carbocycles. The Hall–Kier alpha value is -2.37. The molecule has 1 fully saturated rings. The molecule has 0 unspecified atom stereocenters. The summed E-state index contributed by atoms with van der Waals surface area (Å²) in [6.07, 6.45) is 0. The van der Waals surface area contributed by atoms with Gasteiger partial charge in [-0.25, -0.2) is 0 Å².